The first-order valence-corrected chi connectivity index (χ1v) is 7.37. The number of amides is 1. The van der Waals surface area contributed by atoms with Gasteiger partial charge in [-0.1, -0.05) is 24.3 Å². The lowest BCUT2D eigenvalue weighted by molar-refractivity contribution is -0.142. The van der Waals surface area contributed by atoms with E-state index in [0.29, 0.717) is 6.54 Å². The molecule has 5 nitrogen and oxygen atoms in total. The topological polar surface area (TPSA) is 67.2 Å². The number of rotatable bonds is 6. The van der Waals surface area contributed by atoms with Crippen molar-refractivity contribution in [1.82, 2.24) is 15.1 Å². The molecule has 0 fully saturated rings. The van der Waals surface area contributed by atoms with Gasteiger partial charge >= 0.3 is 6.18 Å². The van der Waals surface area contributed by atoms with Crippen LogP contribution >= 0.6 is 0 Å². The summed E-state index contributed by atoms with van der Waals surface area (Å²) in [6.45, 7) is 1.46. The van der Waals surface area contributed by atoms with E-state index in [4.69, 9.17) is 5.11 Å². The van der Waals surface area contributed by atoms with Crippen molar-refractivity contribution in [2.45, 2.75) is 32.6 Å². The molecule has 2 N–H and O–H groups in total. The summed E-state index contributed by atoms with van der Waals surface area (Å²) in [6.07, 6.45) is -3.64. The van der Waals surface area contributed by atoms with Crippen molar-refractivity contribution >= 4 is 5.91 Å². The first kappa shape index (κ1) is 18.0. The molecule has 24 heavy (non-hydrogen) atoms. The van der Waals surface area contributed by atoms with Gasteiger partial charge in [-0.2, -0.15) is 18.3 Å². The molecule has 1 aromatic heterocycles. The van der Waals surface area contributed by atoms with Crippen LogP contribution in [-0.4, -0.2) is 27.4 Å². The van der Waals surface area contributed by atoms with Crippen molar-refractivity contribution in [3.63, 3.8) is 0 Å². The molecule has 130 valence electrons. The molecule has 0 aliphatic rings. The molecule has 0 saturated carbocycles. The molecule has 0 aliphatic carbocycles. The van der Waals surface area contributed by atoms with Crippen LogP contribution < -0.4 is 5.32 Å². The highest BCUT2D eigenvalue weighted by Crippen LogP contribution is 2.30. The van der Waals surface area contributed by atoms with Gasteiger partial charge in [0.1, 0.15) is 6.54 Å². The van der Waals surface area contributed by atoms with Crippen LogP contribution in [0.1, 0.15) is 22.4 Å². The molecule has 1 aromatic carbocycles. The van der Waals surface area contributed by atoms with E-state index in [2.05, 4.69) is 10.4 Å². The highest BCUT2D eigenvalue weighted by atomic mass is 19.4. The number of aryl methyl sites for hydroxylation is 1. The van der Waals surface area contributed by atoms with Gasteiger partial charge in [0.15, 0.2) is 5.69 Å². The van der Waals surface area contributed by atoms with Gasteiger partial charge in [0.2, 0.25) is 5.91 Å². The van der Waals surface area contributed by atoms with E-state index >= 15 is 0 Å². The lowest BCUT2D eigenvalue weighted by atomic mass is 10.1. The number of nitrogens with one attached hydrogen (secondary N) is 1. The van der Waals surface area contributed by atoms with Gasteiger partial charge in [0, 0.05) is 24.9 Å². The molecule has 0 atom stereocenters. The predicted molar refractivity (Wildman–Crippen MR) is 81.0 cm³/mol. The van der Waals surface area contributed by atoms with Gasteiger partial charge < -0.3 is 10.4 Å². The van der Waals surface area contributed by atoms with Crippen LogP contribution in [0.25, 0.3) is 0 Å². The van der Waals surface area contributed by atoms with Crippen LogP contribution in [0, 0.1) is 6.92 Å². The Morgan fingerprint density at radius 3 is 2.62 bits per heavy atom. The predicted octanol–water partition coefficient (Wildman–Crippen LogP) is 2.06. The number of nitrogens with zero attached hydrogens (tertiary/aromatic N) is 2. The molecule has 2 aromatic rings. The molecule has 8 heteroatoms. The minimum Gasteiger partial charge on any atom is -0.396 e. The number of hydrogen-bond acceptors (Lipinski definition) is 3. The molecule has 1 amide bonds. The van der Waals surface area contributed by atoms with E-state index < -0.39 is 24.4 Å². The summed E-state index contributed by atoms with van der Waals surface area (Å²) in [5.41, 5.74) is 0.754. The first-order valence-electron chi connectivity index (χ1n) is 7.37. The van der Waals surface area contributed by atoms with Crippen molar-refractivity contribution in [1.29, 1.82) is 0 Å². The summed E-state index contributed by atoms with van der Waals surface area (Å²) < 4.78 is 39.6. The standard InChI is InChI=1S/C16H18F3N3O2/c1-11-4-2-3-5-12(11)8-20-14(24)10-22-9-13(6-7-23)15(21-22)16(17,18)19/h2-5,9,23H,6-8,10H2,1H3,(H,20,24). The number of carbonyl (C=O) groups is 1. The van der Waals surface area contributed by atoms with Gasteiger partial charge in [-0.3, -0.25) is 9.48 Å². The Balaban J connectivity index is 2.02. The van der Waals surface area contributed by atoms with Crippen LogP contribution in [0.2, 0.25) is 0 Å². The molecular weight excluding hydrogens is 323 g/mol. The van der Waals surface area contributed by atoms with E-state index in [0.717, 1.165) is 22.0 Å². The van der Waals surface area contributed by atoms with Gasteiger partial charge in [-0.25, -0.2) is 0 Å². The number of benzene rings is 1. The van der Waals surface area contributed by atoms with Crippen LogP contribution in [0.15, 0.2) is 30.5 Å². The lowest BCUT2D eigenvalue weighted by Crippen LogP contribution is -2.27. The molecular formula is C16H18F3N3O2. The fourth-order valence-electron chi connectivity index (χ4n) is 2.29. The number of aliphatic hydroxyl groups excluding tert-OH is 1. The number of hydrogen-bond donors (Lipinski definition) is 2. The molecule has 0 radical (unpaired) electrons. The summed E-state index contributed by atoms with van der Waals surface area (Å²) in [7, 11) is 0. The molecule has 0 saturated heterocycles. The minimum atomic E-state index is -4.62. The second-order valence-electron chi connectivity index (χ2n) is 5.38. The van der Waals surface area contributed by atoms with Gasteiger partial charge in [-0.05, 0) is 24.5 Å². The number of alkyl halides is 3. The zero-order chi connectivity index (χ0) is 17.7. The van der Waals surface area contributed by atoms with E-state index in [9.17, 15) is 18.0 Å². The van der Waals surface area contributed by atoms with Gasteiger partial charge in [-0.15, -0.1) is 0 Å². The maximum absolute atomic E-state index is 12.9. The second kappa shape index (κ2) is 7.48. The largest absolute Gasteiger partial charge is 0.435 e. The normalized spacial score (nSPS) is 11.5. The van der Waals surface area contributed by atoms with Crippen LogP contribution in [0.4, 0.5) is 13.2 Å². The lowest BCUT2D eigenvalue weighted by Gasteiger charge is -2.08. The van der Waals surface area contributed by atoms with Gasteiger partial charge in [0.05, 0.1) is 0 Å². The fourth-order valence-corrected chi connectivity index (χ4v) is 2.29. The first-order chi connectivity index (χ1) is 11.3. The zero-order valence-corrected chi connectivity index (χ0v) is 13.1. The Kier molecular flexibility index (Phi) is 5.61. The smallest absolute Gasteiger partial charge is 0.396 e. The molecule has 0 spiro atoms. The van der Waals surface area contributed by atoms with Crippen molar-refractivity contribution in [2.75, 3.05) is 6.61 Å². The second-order valence-corrected chi connectivity index (χ2v) is 5.38. The van der Waals surface area contributed by atoms with Crippen molar-refractivity contribution in [3.05, 3.63) is 52.8 Å². The monoisotopic (exact) mass is 341 g/mol. The van der Waals surface area contributed by atoms with Crippen LogP contribution in [0.5, 0.6) is 0 Å². The molecule has 0 aliphatic heterocycles. The SMILES string of the molecule is Cc1ccccc1CNC(=O)Cn1cc(CCO)c(C(F)(F)F)n1. The van der Waals surface area contributed by atoms with Gasteiger partial charge in [0.25, 0.3) is 0 Å². The highest BCUT2D eigenvalue weighted by Gasteiger charge is 2.37. The van der Waals surface area contributed by atoms with Crippen molar-refractivity contribution in [2.24, 2.45) is 0 Å². The minimum absolute atomic E-state index is 0.128. The summed E-state index contributed by atoms with van der Waals surface area (Å²) in [6, 6.07) is 7.50. The third-order valence-electron chi connectivity index (χ3n) is 3.53. The van der Waals surface area contributed by atoms with E-state index in [1.807, 2.05) is 31.2 Å². The van der Waals surface area contributed by atoms with E-state index in [1.165, 1.54) is 0 Å². The van der Waals surface area contributed by atoms with E-state index in [-0.39, 0.29) is 18.5 Å². The highest BCUT2D eigenvalue weighted by molar-refractivity contribution is 5.75. The maximum atomic E-state index is 12.9. The third-order valence-corrected chi connectivity index (χ3v) is 3.53. The zero-order valence-electron chi connectivity index (χ0n) is 13.1. The average Bonchev–Trinajstić information content (AvgIpc) is 2.89. The molecule has 0 unspecified atom stereocenters. The van der Waals surface area contributed by atoms with Crippen molar-refractivity contribution in [3.8, 4) is 0 Å². The summed E-state index contributed by atoms with van der Waals surface area (Å²) in [4.78, 5) is 11.9. The summed E-state index contributed by atoms with van der Waals surface area (Å²) in [5.74, 6) is -0.440. The average molecular weight is 341 g/mol. The molecule has 2 rings (SSSR count). The molecule has 1 heterocycles. The number of aromatic nitrogens is 2. The Morgan fingerprint density at radius 1 is 1.29 bits per heavy atom. The molecule has 0 bridgehead atoms. The fraction of sp³-hybridized carbons (Fsp3) is 0.375. The number of aliphatic hydroxyl groups is 1. The summed E-state index contributed by atoms with van der Waals surface area (Å²) >= 11 is 0. The van der Waals surface area contributed by atoms with Crippen molar-refractivity contribution < 1.29 is 23.1 Å². The Bertz CT molecular complexity index is 711. The Hall–Kier alpha value is -2.35. The Morgan fingerprint density at radius 2 is 2.00 bits per heavy atom. The maximum Gasteiger partial charge on any atom is 0.435 e. The number of carbonyl (C=O) groups excluding carboxylic acids is 1. The van der Waals surface area contributed by atoms with E-state index in [1.54, 1.807) is 0 Å². The summed E-state index contributed by atoms with van der Waals surface area (Å²) in [5, 5.41) is 14.9. The Labute approximate surface area is 137 Å². The van der Waals surface area contributed by atoms with Crippen LogP contribution in [-0.2, 0) is 30.5 Å². The van der Waals surface area contributed by atoms with Crippen LogP contribution in [0.3, 0.4) is 0 Å². The third kappa shape index (κ3) is 4.58. The number of halogens is 3. The quantitative estimate of drug-likeness (QED) is 0.845.